The minimum atomic E-state index is -0.892. The van der Waals surface area contributed by atoms with E-state index < -0.39 is 12.0 Å². The number of hydrogen-bond acceptors (Lipinski definition) is 4. The minimum absolute atomic E-state index is 0. The number of benzene rings is 1. The van der Waals surface area contributed by atoms with Crippen molar-refractivity contribution < 1.29 is 19.5 Å². The van der Waals surface area contributed by atoms with Crippen LogP contribution in [0.5, 0.6) is 0 Å². The molecule has 1 aromatic carbocycles. The Kier molecular flexibility index (Phi) is 8.54. The maximum absolute atomic E-state index is 12.4. The van der Waals surface area contributed by atoms with Crippen LogP contribution >= 0.6 is 12.4 Å². The fraction of sp³-hybridized carbons (Fsp3) is 0.500. The quantitative estimate of drug-likeness (QED) is 0.752. The summed E-state index contributed by atoms with van der Waals surface area (Å²) in [6.45, 7) is 5.72. The lowest BCUT2D eigenvalue weighted by Gasteiger charge is -2.21. The molecule has 1 atom stereocenters. The molecular weight excluding hydrogens is 358 g/mol. The predicted octanol–water partition coefficient (Wildman–Crippen LogP) is 2.08. The second kappa shape index (κ2) is 10.1. The van der Waals surface area contributed by atoms with Gasteiger partial charge in [-0.25, -0.2) is 0 Å². The van der Waals surface area contributed by atoms with Gasteiger partial charge in [0.1, 0.15) is 6.04 Å². The number of carboxylic acids is 1. The van der Waals surface area contributed by atoms with Crippen molar-refractivity contribution in [2.45, 2.75) is 32.7 Å². The molecule has 26 heavy (non-hydrogen) atoms. The number of hydrogen-bond donors (Lipinski definition) is 2. The molecule has 2 N–H and O–H groups in total. The minimum Gasteiger partial charge on any atom is -0.480 e. The number of halogens is 1. The number of carboxylic acid groups (broad SMARTS) is 1. The van der Waals surface area contributed by atoms with E-state index in [4.69, 9.17) is 5.11 Å². The van der Waals surface area contributed by atoms with E-state index in [2.05, 4.69) is 5.32 Å². The number of nitrogens with zero attached hydrogens (tertiary/aromatic N) is 2. The Bertz CT molecular complexity index is 649. The SMILES string of the molecule is CCN(CC)C(=O)c1cccc(NC(=O)CN2CCC[C@H]2C(=O)O)c1.Cl. The summed E-state index contributed by atoms with van der Waals surface area (Å²) in [6.07, 6.45) is 1.34. The van der Waals surface area contributed by atoms with Gasteiger partial charge in [0.25, 0.3) is 5.91 Å². The van der Waals surface area contributed by atoms with Gasteiger partial charge < -0.3 is 15.3 Å². The first kappa shape index (κ1) is 21.9. The molecule has 2 amide bonds. The highest BCUT2D eigenvalue weighted by atomic mass is 35.5. The Labute approximate surface area is 159 Å². The maximum Gasteiger partial charge on any atom is 0.320 e. The Hall–Kier alpha value is -2.12. The van der Waals surface area contributed by atoms with E-state index in [9.17, 15) is 14.4 Å². The summed E-state index contributed by atoms with van der Waals surface area (Å²) in [4.78, 5) is 39.2. The van der Waals surface area contributed by atoms with Crippen molar-refractivity contribution in [1.29, 1.82) is 0 Å². The van der Waals surface area contributed by atoms with Gasteiger partial charge in [-0.3, -0.25) is 19.3 Å². The first-order chi connectivity index (χ1) is 12.0. The summed E-state index contributed by atoms with van der Waals surface area (Å²) in [5.74, 6) is -1.25. The first-order valence-corrected chi connectivity index (χ1v) is 8.62. The number of carbonyl (C=O) groups excluding carboxylic acids is 2. The van der Waals surface area contributed by atoms with E-state index in [1.54, 1.807) is 34.1 Å². The topological polar surface area (TPSA) is 90.0 Å². The maximum atomic E-state index is 12.4. The van der Waals surface area contributed by atoms with E-state index >= 15 is 0 Å². The fourth-order valence-electron chi connectivity index (χ4n) is 3.10. The second-order valence-corrected chi connectivity index (χ2v) is 6.07. The zero-order chi connectivity index (χ0) is 18.4. The monoisotopic (exact) mass is 383 g/mol. The van der Waals surface area contributed by atoms with Crippen molar-refractivity contribution in [3.8, 4) is 0 Å². The molecule has 8 heteroatoms. The van der Waals surface area contributed by atoms with Gasteiger partial charge in [-0.05, 0) is 51.4 Å². The number of rotatable bonds is 7. The smallest absolute Gasteiger partial charge is 0.320 e. The number of carbonyl (C=O) groups is 3. The van der Waals surface area contributed by atoms with Crippen LogP contribution in [0.4, 0.5) is 5.69 Å². The third-order valence-electron chi connectivity index (χ3n) is 4.44. The highest BCUT2D eigenvalue weighted by Gasteiger charge is 2.31. The highest BCUT2D eigenvalue weighted by Crippen LogP contribution is 2.18. The van der Waals surface area contributed by atoms with Crippen molar-refractivity contribution in [2.75, 3.05) is 31.5 Å². The van der Waals surface area contributed by atoms with Crippen LogP contribution in [0, 0.1) is 0 Å². The van der Waals surface area contributed by atoms with Crippen molar-refractivity contribution in [3.63, 3.8) is 0 Å². The van der Waals surface area contributed by atoms with Crippen LogP contribution in [0.25, 0.3) is 0 Å². The number of nitrogens with one attached hydrogen (secondary N) is 1. The number of amides is 2. The van der Waals surface area contributed by atoms with Gasteiger partial charge in [0.2, 0.25) is 5.91 Å². The molecule has 1 fully saturated rings. The molecule has 144 valence electrons. The van der Waals surface area contributed by atoms with Crippen LogP contribution in [0.3, 0.4) is 0 Å². The van der Waals surface area contributed by atoms with Gasteiger partial charge in [-0.15, -0.1) is 12.4 Å². The first-order valence-electron chi connectivity index (χ1n) is 8.62. The largest absolute Gasteiger partial charge is 0.480 e. The van der Waals surface area contributed by atoms with Crippen molar-refractivity contribution in [3.05, 3.63) is 29.8 Å². The van der Waals surface area contributed by atoms with Crippen molar-refractivity contribution in [2.24, 2.45) is 0 Å². The molecule has 1 aromatic rings. The van der Waals surface area contributed by atoms with Gasteiger partial charge in [-0.1, -0.05) is 6.07 Å². The standard InChI is InChI=1S/C18H25N3O4.ClH/c1-3-20(4-2)17(23)13-7-5-8-14(11-13)19-16(22)12-21-10-6-9-15(21)18(24)25;/h5,7-8,11,15H,3-4,6,9-10,12H2,1-2H3,(H,19,22)(H,24,25);1H/t15-;/m0./s1. The summed E-state index contributed by atoms with van der Waals surface area (Å²) >= 11 is 0. The third-order valence-corrected chi connectivity index (χ3v) is 4.44. The van der Waals surface area contributed by atoms with Crippen LogP contribution in [0.2, 0.25) is 0 Å². The summed E-state index contributed by atoms with van der Waals surface area (Å²) < 4.78 is 0. The zero-order valence-electron chi connectivity index (χ0n) is 15.1. The van der Waals surface area contributed by atoms with Gasteiger partial charge in [0, 0.05) is 24.3 Å². The molecule has 0 radical (unpaired) electrons. The van der Waals surface area contributed by atoms with E-state index in [0.29, 0.717) is 37.3 Å². The summed E-state index contributed by atoms with van der Waals surface area (Å²) in [7, 11) is 0. The Morgan fingerprint density at radius 1 is 1.27 bits per heavy atom. The number of anilines is 1. The molecule has 0 bridgehead atoms. The lowest BCUT2D eigenvalue weighted by Crippen LogP contribution is -2.40. The lowest BCUT2D eigenvalue weighted by molar-refractivity contribution is -0.142. The third kappa shape index (κ3) is 5.44. The molecule has 1 heterocycles. The molecule has 0 saturated carbocycles. The van der Waals surface area contributed by atoms with Gasteiger partial charge in [0.05, 0.1) is 6.54 Å². The van der Waals surface area contributed by atoms with Crippen LogP contribution in [-0.4, -0.2) is 64.9 Å². The summed E-state index contributed by atoms with van der Waals surface area (Å²) in [5.41, 5.74) is 1.06. The molecule has 0 unspecified atom stereocenters. The molecular formula is C18H26ClN3O4. The Morgan fingerprint density at radius 3 is 2.58 bits per heavy atom. The predicted molar refractivity (Wildman–Crippen MR) is 102 cm³/mol. The molecule has 2 rings (SSSR count). The zero-order valence-corrected chi connectivity index (χ0v) is 15.9. The molecule has 1 aliphatic rings. The molecule has 0 aliphatic carbocycles. The number of likely N-dealkylation sites (tertiary alicyclic amines) is 1. The van der Waals surface area contributed by atoms with E-state index in [1.807, 2.05) is 13.8 Å². The lowest BCUT2D eigenvalue weighted by atomic mass is 10.1. The van der Waals surface area contributed by atoms with Crippen LogP contribution < -0.4 is 5.32 Å². The van der Waals surface area contributed by atoms with Gasteiger partial charge in [0.15, 0.2) is 0 Å². The molecule has 1 saturated heterocycles. The van der Waals surface area contributed by atoms with Crippen molar-refractivity contribution >= 4 is 35.9 Å². The number of aliphatic carboxylic acids is 1. The van der Waals surface area contributed by atoms with E-state index in [-0.39, 0.29) is 30.8 Å². The van der Waals surface area contributed by atoms with E-state index in [1.165, 1.54) is 0 Å². The van der Waals surface area contributed by atoms with Crippen LogP contribution in [0.1, 0.15) is 37.0 Å². The van der Waals surface area contributed by atoms with E-state index in [0.717, 1.165) is 6.42 Å². The van der Waals surface area contributed by atoms with Crippen molar-refractivity contribution in [1.82, 2.24) is 9.80 Å². The normalized spacial score (nSPS) is 16.6. The Balaban J connectivity index is 0.00000338. The van der Waals surface area contributed by atoms with Crippen LogP contribution in [-0.2, 0) is 9.59 Å². The molecule has 0 aromatic heterocycles. The van der Waals surface area contributed by atoms with Gasteiger partial charge in [-0.2, -0.15) is 0 Å². The Morgan fingerprint density at radius 2 is 1.96 bits per heavy atom. The average Bonchev–Trinajstić information content (AvgIpc) is 3.04. The molecule has 1 aliphatic heterocycles. The molecule has 7 nitrogen and oxygen atoms in total. The molecule has 0 spiro atoms. The fourth-order valence-corrected chi connectivity index (χ4v) is 3.10. The highest BCUT2D eigenvalue weighted by molar-refractivity contribution is 5.97. The van der Waals surface area contributed by atoms with Gasteiger partial charge >= 0.3 is 5.97 Å². The average molecular weight is 384 g/mol. The summed E-state index contributed by atoms with van der Waals surface area (Å²) in [5, 5.41) is 11.9. The second-order valence-electron chi connectivity index (χ2n) is 6.07. The van der Waals surface area contributed by atoms with Crippen LogP contribution in [0.15, 0.2) is 24.3 Å². The summed E-state index contributed by atoms with van der Waals surface area (Å²) in [6, 6.07) is 6.22.